The largest absolute Gasteiger partial charge is 0.496 e. The van der Waals surface area contributed by atoms with E-state index in [4.69, 9.17) is 41.9 Å². The highest BCUT2D eigenvalue weighted by atomic mass is 35.5. The van der Waals surface area contributed by atoms with Gasteiger partial charge >= 0.3 is 6.18 Å². The molecule has 1 aromatic heterocycles. The molecular formula is C24H25Cl2F3N2O4. The summed E-state index contributed by atoms with van der Waals surface area (Å²) >= 11 is 11.2. The first-order valence-electron chi connectivity index (χ1n) is 11.0. The van der Waals surface area contributed by atoms with Crippen LogP contribution in [0.15, 0.2) is 57.1 Å². The summed E-state index contributed by atoms with van der Waals surface area (Å²) in [7, 11) is 1.53. The molecule has 0 spiro atoms. The molecule has 0 saturated carbocycles. The van der Waals surface area contributed by atoms with Crippen molar-refractivity contribution in [2.75, 3.05) is 20.3 Å². The quantitative estimate of drug-likeness (QED) is 0.307. The maximum Gasteiger partial charge on any atom is 0.416 e. The predicted octanol–water partition coefficient (Wildman–Crippen LogP) is 6.99. The molecule has 0 N–H and O–H groups in total. The molecule has 35 heavy (non-hydrogen) atoms. The maximum atomic E-state index is 12.9. The second-order valence-electron chi connectivity index (χ2n) is 7.64. The van der Waals surface area contributed by atoms with Crippen LogP contribution in [-0.4, -0.2) is 42.7 Å². The average Bonchev–Trinajstić information content (AvgIpc) is 3.25. The van der Waals surface area contributed by atoms with Crippen molar-refractivity contribution < 1.29 is 31.9 Å². The van der Waals surface area contributed by atoms with E-state index in [9.17, 15) is 13.2 Å². The molecule has 3 rings (SSSR count). The second kappa shape index (κ2) is 13.0. The number of benzene rings is 1. The molecule has 0 amide bonds. The SMILES string of the molecule is COc1ccc(OCC=C(Cl)Cl)cc1-c1noc(CCCOC2/C=C\C(C(F)(F)F)=C/CCC2)n1. The van der Waals surface area contributed by atoms with Gasteiger partial charge in [-0.1, -0.05) is 46.6 Å². The number of hydrogen-bond acceptors (Lipinski definition) is 6. The van der Waals surface area contributed by atoms with Crippen molar-refractivity contribution >= 4 is 23.2 Å². The molecule has 1 aliphatic rings. The van der Waals surface area contributed by atoms with Crippen LogP contribution in [-0.2, 0) is 11.2 Å². The van der Waals surface area contributed by atoms with E-state index in [0.29, 0.717) is 67.5 Å². The highest BCUT2D eigenvalue weighted by Gasteiger charge is 2.31. The van der Waals surface area contributed by atoms with Crippen LogP contribution in [0.1, 0.15) is 31.6 Å². The lowest BCUT2D eigenvalue weighted by Crippen LogP contribution is -2.15. The fraction of sp³-hybridized carbons (Fsp3) is 0.417. The molecule has 6 nitrogen and oxygen atoms in total. The summed E-state index contributed by atoms with van der Waals surface area (Å²) in [5, 5.41) is 4.03. The van der Waals surface area contributed by atoms with Gasteiger partial charge in [0.1, 0.15) is 22.6 Å². The lowest BCUT2D eigenvalue weighted by Gasteiger charge is -2.17. The number of aromatic nitrogens is 2. The van der Waals surface area contributed by atoms with Crippen LogP contribution in [0.4, 0.5) is 13.2 Å². The number of aryl methyl sites for hydroxylation is 1. The predicted molar refractivity (Wildman–Crippen MR) is 127 cm³/mol. The van der Waals surface area contributed by atoms with Gasteiger partial charge in [0.15, 0.2) is 0 Å². The average molecular weight is 533 g/mol. The van der Waals surface area contributed by atoms with Gasteiger partial charge in [-0.05, 0) is 50.0 Å². The molecule has 190 valence electrons. The molecule has 1 aliphatic carbocycles. The Morgan fingerprint density at radius 3 is 2.86 bits per heavy atom. The molecule has 0 radical (unpaired) electrons. The van der Waals surface area contributed by atoms with Crippen molar-refractivity contribution in [2.45, 2.75) is 44.4 Å². The van der Waals surface area contributed by atoms with Crippen LogP contribution in [0, 0.1) is 0 Å². The van der Waals surface area contributed by atoms with E-state index in [0.717, 1.165) is 6.08 Å². The first-order valence-corrected chi connectivity index (χ1v) is 11.7. The van der Waals surface area contributed by atoms with Gasteiger partial charge in [-0.15, -0.1) is 0 Å². The molecule has 1 atom stereocenters. The van der Waals surface area contributed by atoms with Crippen LogP contribution in [0.5, 0.6) is 11.5 Å². The Bertz CT molecular complexity index is 1060. The Morgan fingerprint density at radius 2 is 2.11 bits per heavy atom. The van der Waals surface area contributed by atoms with E-state index in [2.05, 4.69) is 10.1 Å². The van der Waals surface area contributed by atoms with Gasteiger partial charge in [0.2, 0.25) is 11.7 Å². The molecule has 0 fully saturated rings. The van der Waals surface area contributed by atoms with E-state index in [-0.39, 0.29) is 17.2 Å². The fourth-order valence-corrected chi connectivity index (χ4v) is 3.50. The first kappa shape index (κ1) is 27.1. The van der Waals surface area contributed by atoms with Crippen LogP contribution in [0.2, 0.25) is 0 Å². The van der Waals surface area contributed by atoms with Gasteiger partial charge in [0.05, 0.1) is 24.4 Å². The van der Waals surface area contributed by atoms with E-state index in [1.54, 1.807) is 18.2 Å². The van der Waals surface area contributed by atoms with E-state index >= 15 is 0 Å². The summed E-state index contributed by atoms with van der Waals surface area (Å²) in [5.74, 6) is 1.83. The third-order valence-corrected chi connectivity index (χ3v) is 5.42. The Balaban J connectivity index is 1.54. The van der Waals surface area contributed by atoms with E-state index < -0.39 is 11.7 Å². The van der Waals surface area contributed by atoms with Crippen molar-refractivity contribution in [3.63, 3.8) is 0 Å². The third-order valence-electron chi connectivity index (χ3n) is 5.11. The molecule has 0 saturated heterocycles. The normalized spacial score (nSPS) is 18.7. The standard InChI is InChI=1S/C24H25Cl2F3N2O4/c1-32-20-11-10-18(34-14-12-21(25)26)15-19(20)23-30-22(35-31-23)7-4-13-33-17-6-3-2-5-16(8-9-17)24(27,28)29/h5,8-12,15,17H,2-4,6-7,13-14H2,1H3/b9-8-,16-5+. The number of allylic oxidation sites excluding steroid dienone is 3. The lowest BCUT2D eigenvalue weighted by molar-refractivity contribution is -0.0886. The summed E-state index contributed by atoms with van der Waals surface area (Å²) in [6.07, 6.45) is 3.28. The summed E-state index contributed by atoms with van der Waals surface area (Å²) in [6, 6.07) is 5.17. The summed E-state index contributed by atoms with van der Waals surface area (Å²) in [6.45, 7) is 0.538. The van der Waals surface area contributed by atoms with Gasteiger partial charge in [0, 0.05) is 13.0 Å². The van der Waals surface area contributed by atoms with Gasteiger partial charge in [0.25, 0.3) is 0 Å². The van der Waals surface area contributed by atoms with Gasteiger partial charge in [-0.25, -0.2) is 0 Å². The molecule has 0 bridgehead atoms. The highest BCUT2D eigenvalue weighted by molar-refractivity contribution is 6.55. The lowest BCUT2D eigenvalue weighted by atomic mass is 10.0. The van der Waals surface area contributed by atoms with Crippen LogP contribution in [0.25, 0.3) is 11.4 Å². The number of methoxy groups -OCH3 is 1. The Labute approximate surface area is 211 Å². The van der Waals surface area contributed by atoms with Crippen molar-refractivity contribution in [3.8, 4) is 22.9 Å². The number of alkyl halides is 3. The van der Waals surface area contributed by atoms with E-state index in [1.807, 2.05) is 0 Å². The molecule has 1 heterocycles. The monoisotopic (exact) mass is 532 g/mol. The zero-order chi connectivity index (χ0) is 25.3. The molecule has 0 aliphatic heterocycles. The highest BCUT2D eigenvalue weighted by Crippen LogP contribution is 2.32. The Hall–Kier alpha value is -2.49. The minimum Gasteiger partial charge on any atom is -0.496 e. The number of ether oxygens (including phenoxy) is 3. The molecule has 11 heteroatoms. The second-order valence-corrected chi connectivity index (χ2v) is 8.65. The summed E-state index contributed by atoms with van der Waals surface area (Å²) < 4.78 is 61.0. The summed E-state index contributed by atoms with van der Waals surface area (Å²) in [4.78, 5) is 4.42. The van der Waals surface area contributed by atoms with Gasteiger partial charge in [-0.2, -0.15) is 18.2 Å². The molecule has 1 aromatic carbocycles. The molecule has 2 aromatic rings. The molecular weight excluding hydrogens is 508 g/mol. The van der Waals surface area contributed by atoms with Crippen LogP contribution >= 0.6 is 23.2 Å². The first-order chi connectivity index (χ1) is 16.8. The molecule has 1 unspecified atom stereocenters. The van der Waals surface area contributed by atoms with Crippen molar-refractivity contribution in [2.24, 2.45) is 0 Å². The van der Waals surface area contributed by atoms with E-state index in [1.165, 1.54) is 25.3 Å². The number of hydrogen-bond donors (Lipinski definition) is 0. The zero-order valence-corrected chi connectivity index (χ0v) is 20.5. The number of rotatable bonds is 10. The number of halogens is 5. The Kier molecular flexibility index (Phi) is 10.1. The van der Waals surface area contributed by atoms with Crippen molar-refractivity contribution in [1.29, 1.82) is 0 Å². The zero-order valence-electron chi connectivity index (χ0n) is 19.0. The van der Waals surface area contributed by atoms with Crippen molar-refractivity contribution in [1.82, 2.24) is 10.1 Å². The summed E-state index contributed by atoms with van der Waals surface area (Å²) in [5.41, 5.74) is -0.0428. The van der Waals surface area contributed by atoms with Crippen LogP contribution < -0.4 is 9.47 Å². The third kappa shape index (κ3) is 8.59. The smallest absolute Gasteiger partial charge is 0.416 e. The van der Waals surface area contributed by atoms with Crippen LogP contribution in [0.3, 0.4) is 0 Å². The minimum absolute atomic E-state index is 0.110. The maximum absolute atomic E-state index is 12.9. The fourth-order valence-electron chi connectivity index (χ4n) is 3.38. The van der Waals surface area contributed by atoms with Gasteiger partial charge < -0.3 is 18.7 Å². The van der Waals surface area contributed by atoms with Crippen molar-refractivity contribution in [3.05, 3.63) is 58.5 Å². The minimum atomic E-state index is -4.35. The topological polar surface area (TPSA) is 66.6 Å². The Morgan fingerprint density at radius 1 is 1.29 bits per heavy atom. The number of nitrogens with zero attached hydrogens (tertiary/aromatic N) is 2. The van der Waals surface area contributed by atoms with Gasteiger partial charge in [-0.3, -0.25) is 0 Å².